The van der Waals surface area contributed by atoms with Crippen molar-refractivity contribution < 1.29 is 9.53 Å². The maximum atomic E-state index is 12.7. The zero-order valence-corrected chi connectivity index (χ0v) is 12.8. The molecule has 3 rings (SSSR count). The summed E-state index contributed by atoms with van der Waals surface area (Å²) in [6, 6.07) is 8.99. The molecule has 0 unspecified atom stereocenters. The van der Waals surface area contributed by atoms with Crippen LogP contribution in [0.2, 0.25) is 0 Å². The molecule has 0 spiro atoms. The molecule has 0 aliphatic carbocycles. The van der Waals surface area contributed by atoms with Gasteiger partial charge in [-0.3, -0.25) is 9.89 Å². The van der Waals surface area contributed by atoms with Gasteiger partial charge in [-0.25, -0.2) is 4.98 Å². The minimum absolute atomic E-state index is 0.00462. The van der Waals surface area contributed by atoms with Crippen LogP contribution in [-0.2, 0) is 16.0 Å². The molecule has 0 radical (unpaired) electrons. The van der Waals surface area contributed by atoms with Crippen LogP contribution in [0.1, 0.15) is 29.4 Å². The molecule has 1 fully saturated rings. The fraction of sp³-hybridized carbons (Fsp3) is 0.375. The average Bonchev–Trinajstić information content (AvgIpc) is 3.24. The van der Waals surface area contributed by atoms with Gasteiger partial charge in [0.2, 0.25) is 5.91 Å². The van der Waals surface area contributed by atoms with E-state index in [0.717, 1.165) is 5.56 Å². The van der Waals surface area contributed by atoms with Crippen molar-refractivity contribution in [3.63, 3.8) is 0 Å². The summed E-state index contributed by atoms with van der Waals surface area (Å²) in [5.74, 6) is 0.688. The molecule has 1 aliphatic rings. The molecule has 1 amide bonds. The Morgan fingerprint density at radius 1 is 1.48 bits per heavy atom. The molecule has 1 saturated heterocycles. The highest BCUT2D eigenvalue weighted by atomic mass is 16.5. The molecule has 23 heavy (non-hydrogen) atoms. The molecule has 2 atom stereocenters. The topological polar surface area (TPSA) is 94.9 Å². The maximum Gasteiger partial charge on any atom is 0.227 e. The number of aromatic amines is 1. The molecule has 7 nitrogen and oxygen atoms in total. The predicted molar refractivity (Wildman–Crippen MR) is 81.1 cm³/mol. The van der Waals surface area contributed by atoms with Crippen molar-refractivity contribution >= 4 is 5.91 Å². The molecule has 118 valence electrons. The summed E-state index contributed by atoms with van der Waals surface area (Å²) < 4.78 is 5.41. The van der Waals surface area contributed by atoms with Crippen LogP contribution in [0.5, 0.6) is 0 Å². The number of hydrogen-bond acceptors (Lipinski definition) is 5. The number of nitrogens with zero attached hydrogens (tertiary/aromatic N) is 4. The monoisotopic (exact) mass is 311 g/mol. The number of benzene rings is 1. The Hall–Kier alpha value is -2.72. The minimum atomic E-state index is -0.145. The van der Waals surface area contributed by atoms with Crippen LogP contribution in [0.25, 0.3) is 0 Å². The Morgan fingerprint density at radius 3 is 2.87 bits per heavy atom. The summed E-state index contributed by atoms with van der Waals surface area (Å²) in [5, 5.41) is 15.5. The number of nitrogens with one attached hydrogen (secondary N) is 1. The number of ether oxygens (including phenoxy) is 1. The van der Waals surface area contributed by atoms with Gasteiger partial charge in [0.05, 0.1) is 30.2 Å². The van der Waals surface area contributed by atoms with Gasteiger partial charge < -0.3 is 9.64 Å². The predicted octanol–water partition coefficient (Wildman–Crippen LogP) is 1.21. The number of likely N-dealkylation sites (tertiary alicyclic amines) is 1. The second-order valence-electron chi connectivity index (χ2n) is 5.51. The van der Waals surface area contributed by atoms with Gasteiger partial charge in [-0.15, -0.1) is 0 Å². The number of carbonyl (C=O) groups is 1. The van der Waals surface area contributed by atoms with Crippen LogP contribution < -0.4 is 0 Å². The van der Waals surface area contributed by atoms with E-state index in [2.05, 4.69) is 21.3 Å². The number of H-pyrrole nitrogens is 1. The summed E-state index contributed by atoms with van der Waals surface area (Å²) in [4.78, 5) is 18.6. The summed E-state index contributed by atoms with van der Waals surface area (Å²) in [5.41, 5.74) is 1.47. The highest BCUT2D eigenvalue weighted by Gasteiger charge is 2.37. The standard InChI is InChI=1S/C16H17N5O2/c1-23-13-7-14(16-18-10-19-20-16)21(9-13)15(22)6-11-2-4-12(8-17)5-3-11/h2-5,10,13-14H,6-7,9H2,1H3,(H,18,19,20)/t13-,14+/m1/s1. The Bertz CT molecular complexity index is 705. The third kappa shape index (κ3) is 3.22. The van der Waals surface area contributed by atoms with Crippen LogP contribution >= 0.6 is 0 Å². The first-order chi connectivity index (χ1) is 11.2. The van der Waals surface area contributed by atoms with Crippen molar-refractivity contribution in [1.82, 2.24) is 20.1 Å². The minimum Gasteiger partial charge on any atom is -0.380 e. The molecule has 1 aromatic carbocycles. The van der Waals surface area contributed by atoms with Crippen molar-refractivity contribution in [3.05, 3.63) is 47.5 Å². The third-order valence-electron chi connectivity index (χ3n) is 4.10. The van der Waals surface area contributed by atoms with E-state index in [4.69, 9.17) is 10.00 Å². The second-order valence-corrected chi connectivity index (χ2v) is 5.51. The van der Waals surface area contributed by atoms with E-state index in [9.17, 15) is 4.79 Å². The number of amides is 1. The molecule has 2 aromatic rings. The number of rotatable bonds is 4. The van der Waals surface area contributed by atoms with E-state index < -0.39 is 0 Å². The van der Waals surface area contributed by atoms with Crippen LogP contribution in [-0.4, -0.2) is 45.7 Å². The van der Waals surface area contributed by atoms with Gasteiger partial charge in [-0.1, -0.05) is 12.1 Å². The Kier molecular flexibility index (Phi) is 4.35. The molecule has 1 N–H and O–H groups in total. The zero-order chi connectivity index (χ0) is 16.2. The first kappa shape index (κ1) is 15.2. The first-order valence-electron chi connectivity index (χ1n) is 7.38. The van der Waals surface area contributed by atoms with E-state index in [1.165, 1.54) is 6.33 Å². The number of carbonyl (C=O) groups excluding carboxylic acids is 1. The van der Waals surface area contributed by atoms with Crippen molar-refractivity contribution in [2.75, 3.05) is 13.7 Å². The molecule has 0 bridgehead atoms. The van der Waals surface area contributed by atoms with E-state index in [-0.39, 0.29) is 24.5 Å². The quantitative estimate of drug-likeness (QED) is 0.915. The van der Waals surface area contributed by atoms with Gasteiger partial charge in [-0.2, -0.15) is 10.4 Å². The first-order valence-corrected chi connectivity index (χ1v) is 7.38. The van der Waals surface area contributed by atoms with Gasteiger partial charge in [0.25, 0.3) is 0 Å². The largest absolute Gasteiger partial charge is 0.380 e. The molecular formula is C16H17N5O2. The number of methoxy groups -OCH3 is 1. The smallest absolute Gasteiger partial charge is 0.227 e. The molecular weight excluding hydrogens is 294 g/mol. The summed E-state index contributed by atoms with van der Waals surface area (Å²) in [7, 11) is 1.65. The molecule has 1 aromatic heterocycles. The number of hydrogen-bond donors (Lipinski definition) is 1. The Labute approximate surface area is 133 Å². The second kappa shape index (κ2) is 6.58. The van der Waals surface area contributed by atoms with Gasteiger partial charge in [-0.05, 0) is 17.7 Å². The average molecular weight is 311 g/mol. The lowest BCUT2D eigenvalue weighted by molar-refractivity contribution is -0.131. The Morgan fingerprint density at radius 2 is 2.26 bits per heavy atom. The summed E-state index contributed by atoms with van der Waals surface area (Å²) in [6.07, 6.45) is 2.42. The van der Waals surface area contributed by atoms with Crippen molar-refractivity contribution in [2.45, 2.75) is 25.0 Å². The van der Waals surface area contributed by atoms with Crippen molar-refractivity contribution in [3.8, 4) is 6.07 Å². The lowest BCUT2D eigenvalue weighted by atomic mass is 10.1. The van der Waals surface area contributed by atoms with Crippen LogP contribution in [0, 0.1) is 11.3 Å². The van der Waals surface area contributed by atoms with Gasteiger partial charge in [0.1, 0.15) is 12.2 Å². The molecule has 1 aliphatic heterocycles. The van der Waals surface area contributed by atoms with Gasteiger partial charge in [0, 0.05) is 20.1 Å². The maximum absolute atomic E-state index is 12.7. The molecule has 0 saturated carbocycles. The van der Waals surface area contributed by atoms with Crippen LogP contribution in [0.3, 0.4) is 0 Å². The molecule has 7 heteroatoms. The van der Waals surface area contributed by atoms with E-state index in [1.807, 2.05) is 12.1 Å². The number of aromatic nitrogens is 3. The van der Waals surface area contributed by atoms with E-state index >= 15 is 0 Å². The highest BCUT2D eigenvalue weighted by Crippen LogP contribution is 2.31. The van der Waals surface area contributed by atoms with E-state index in [1.54, 1.807) is 24.1 Å². The summed E-state index contributed by atoms with van der Waals surface area (Å²) >= 11 is 0. The van der Waals surface area contributed by atoms with Crippen LogP contribution in [0.15, 0.2) is 30.6 Å². The van der Waals surface area contributed by atoms with Crippen LogP contribution in [0.4, 0.5) is 0 Å². The van der Waals surface area contributed by atoms with Gasteiger partial charge >= 0.3 is 0 Å². The van der Waals surface area contributed by atoms with Crippen molar-refractivity contribution in [1.29, 1.82) is 5.26 Å². The fourth-order valence-electron chi connectivity index (χ4n) is 2.85. The van der Waals surface area contributed by atoms with Crippen molar-refractivity contribution in [2.24, 2.45) is 0 Å². The lowest BCUT2D eigenvalue weighted by Gasteiger charge is -2.22. The normalized spacial score (nSPS) is 20.4. The Balaban J connectivity index is 1.75. The number of nitriles is 1. The summed E-state index contributed by atoms with van der Waals surface area (Å²) in [6.45, 7) is 0.539. The third-order valence-corrected chi connectivity index (χ3v) is 4.10. The van der Waals surface area contributed by atoms with Gasteiger partial charge in [0.15, 0.2) is 0 Å². The lowest BCUT2D eigenvalue weighted by Crippen LogP contribution is -2.33. The SMILES string of the molecule is CO[C@@H]1C[C@@H](c2ncn[nH]2)N(C(=O)Cc2ccc(C#N)cc2)C1. The molecule has 2 heterocycles. The fourth-order valence-corrected chi connectivity index (χ4v) is 2.85. The zero-order valence-electron chi connectivity index (χ0n) is 12.8. The highest BCUT2D eigenvalue weighted by molar-refractivity contribution is 5.79. The van der Waals surface area contributed by atoms with E-state index in [0.29, 0.717) is 24.4 Å².